The molecule has 1 rings (SSSR count). The van der Waals surface area contributed by atoms with E-state index in [4.69, 9.17) is 0 Å². The van der Waals surface area contributed by atoms with Crippen LogP contribution < -0.4 is 10.2 Å². The van der Waals surface area contributed by atoms with Gasteiger partial charge in [0.1, 0.15) is 11.4 Å². The quantitative estimate of drug-likeness (QED) is 0.560. The van der Waals surface area contributed by atoms with E-state index in [1.807, 2.05) is 40.1 Å². The molecule has 0 unspecified atom stereocenters. The van der Waals surface area contributed by atoms with Crippen LogP contribution in [0, 0.1) is 10.1 Å². The highest BCUT2D eigenvalue weighted by atomic mass is 16.6. The Bertz CT molecular complexity index is 463. The largest absolute Gasteiger partial charge is 0.380 e. The van der Waals surface area contributed by atoms with Gasteiger partial charge in [-0.05, 0) is 53.0 Å². The van der Waals surface area contributed by atoms with Gasteiger partial charge in [0.05, 0.1) is 4.92 Å². The van der Waals surface area contributed by atoms with Gasteiger partial charge in [-0.1, -0.05) is 6.07 Å². The fraction of sp³-hybridized carbons (Fsp3) is 0.600. The molecule has 0 atom stereocenters. The van der Waals surface area contributed by atoms with E-state index in [0.717, 1.165) is 26.1 Å². The Morgan fingerprint density at radius 2 is 1.95 bits per heavy atom. The summed E-state index contributed by atoms with van der Waals surface area (Å²) >= 11 is 0. The van der Waals surface area contributed by atoms with Gasteiger partial charge < -0.3 is 15.1 Å². The van der Waals surface area contributed by atoms with Crippen LogP contribution in [-0.2, 0) is 0 Å². The molecule has 0 aliphatic rings. The van der Waals surface area contributed by atoms with E-state index in [1.165, 1.54) is 0 Å². The summed E-state index contributed by atoms with van der Waals surface area (Å²) in [6.45, 7) is 7.16. The standard InChI is InChI=1S/C15H26N4O2/c1-5-16-13-9-7-10-14(15(13)19(20)21)18(6-2)12-8-11-17(3)4/h7,9-10,16H,5-6,8,11-12H2,1-4H3. The van der Waals surface area contributed by atoms with Crippen molar-refractivity contribution >= 4 is 17.1 Å². The third kappa shape index (κ3) is 4.90. The van der Waals surface area contributed by atoms with Gasteiger partial charge in [0.25, 0.3) is 0 Å². The fourth-order valence-electron chi connectivity index (χ4n) is 2.34. The third-order valence-corrected chi connectivity index (χ3v) is 3.32. The smallest absolute Gasteiger partial charge is 0.315 e. The maximum Gasteiger partial charge on any atom is 0.315 e. The molecule has 21 heavy (non-hydrogen) atoms. The molecule has 6 heteroatoms. The lowest BCUT2D eigenvalue weighted by Crippen LogP contribution is -2.27. The van der Waals surface area contributed by atoms with E-state index < -0.39 is 0 Å². The third-order valence-electron chi connectivity index (χ3n) is 3.32. The Balaban J connectivity index is 3.02. The first-order valence-corrected chi connectivity index (χ1v) is 7.42. The number of para-hydroxylation sites is 1. The molecule has 0 spiro atoms. The number of hydrogen-bond donors (Lipinski definition) is 1. The van der Waals surface area contributed by atoms with Crippen molar-refractivity contribution in [2.24, 2.45) is 0 Å². The van der Waals surface area contributed by atoms with Crippen molar-refractivity contribution in [2.75, 3.05) is 50.5 Å². The van der Waals surface area contributed by atoms with Crippen LogP contribution in [0.3, 0.4) is 0 Å². The van der Waals surface area contributed by atoms with Crippen molar-refractivity contribution in [3.63, 3.8) is 0 Å². The van der Waals surface area contributed by atoms with Crippen molar-refractivity contribution in [1.29, 1.82) is 0 Å². The second-order valence-electron chi connectivity index (χ2n) is 5.20. The molecule has 1 N–H and O–H groups in total. The summed E-state index contributed by atoms with van der Waals surface area (Å²) in [7, 11) is 4.06. The Labute approximate surface area is 126 Å². The van der Waals surface area contributed by atoms with Crippen LogP contribution in [0.25, 0.3) is 0 Å². The summed E-state index contributed by atoms with van der Waals surface area (Å²) < 4.78 is 0. The molecular formula is C15H26N4O2. The number of nitrogens with zero attached hydrogens (tertiary/aromatic N) is 3. The zero-order valence-electron chi connectivity index (χ0n) is 13.4. The van der Waals surface area contributed by atoms with Crippen LogP contribution in [0.15, 0.2) is 18.2 Å². The van der Waals surface area contributed by atoms with E-state index in [0.29, 0.717) is 17.9 Å². The molecule has 0 aromatic heterocycles. The average Bonchev–Trinajstić information content (AvgIpc) is 2.43. The van der Waals surface area contributed by atoms with Crippen molar-refractivity contribution in [2.45, 2.75) is 20.3 Å². The van der Waals surface area contributed by atoms with E-state index in [1.54, 1.807) is 6.07 Å². The lowest BCUT2D eigenvalue weighted by molar-refractivity contribution is -0.383. The molecule has 118 valence electrons. The number of nitro benzene ring substituents is 1. The van der Waals surface area contributed by atoms with Crippen LogP contribution >= 0.6 is 0 Å². The fourth-order valence-corrected chi connectivity index (χ4v) is 2.34. The molecule has 0 heterocycles. The summed E-state index contributed by atoms with van der Waals surface area (Å²) in [4.78, 5) is 15.4. The summed E-state index contributed by atoms with van der Waals surface area (Å²) in [5, 5.41) is 14.5. The van der Waals surface area contributed by atoms with Crippen molar-refractivity contribution in [3.05, 3.63) is 28.3 Å². The first-order chi connectivity index (χ1) is 10.0. The molecule has 1 aromatic carbocycles. The first kappa shape index (κ1) is 17.2. The normalized spacial score (nSPS) is 10.7. The van der Waals surface area contributed by atoms with Crippen LogP contribution in [0.1, 0.15) is 20.3 Å². The summed E-state index contributed by atoms with van der Waals surface area (Å²) in [6.07, 6.45) is 0.976. The molecule has 6 nitrogen and oxygen atoms in total. The molecular weight excluding hydrogens is 268 g/mol. The van der Waals surface area contributed by atoms with E-state index in [2.05, 4.69) is 15.1 Å². The van der Waals surface area contributed by atoms with Crippen molar-refractivity contribution in [1.82, 2.24) is 4.90 Å². The summed E-state index contributed by atoms with van der Waals surface area (Å²) in [5.74, 6) is 0. The number of benzene rings is 1. The zero-order chi connectivity index (χ0) is 15.8. The zero-order valence-corrected chi connectivity index (χ0v) is 13.4. The molecule has 0 amide bonds. The second-order valence-corrected chi connectivity index (χ2v) is 5.20. The van der Waals surface area contributed by atoms with E-state index in [9.17, 15) is 10.1 Å². The van der Waals surface area contributed by atoms with Crippen LogP contribution in [0.2, 0.25) is 0 Å². The molecule has 0 radical (unpaired) electrons. The van der Waals surface area contributed by atoms with Crippen LogP contribution in [0.5, 0.6) is 0 Å². The van der Waals surface area contributed by atoms with Crippen molar-refractivity contribution < 1.29 is 4.92 Å². The maximum atomic E-state index is 11.5. The molecule has 1 aromatic rings. The molecule has 0 saturated carbocycles. The molecule has 0 saturated heterocycles. The van der Waals surface area contributed by atoms with Crippen molar-refractivity contribution in [3.8, 4) is 0 Å². The van der Waals surface area contributed by atoms with Gasteiger partial charge in [0.2, 0.25) is 0 Å². The minimum absolute atomic E-state index is 0.172. The van der Waals surface area contributed by atoms with E-state index >= 15 is 0 Å². The van der Waals surface area contributed by atoms with Gasteiger partial charge in [-0.25, -0.2) is 0 Å². The summed E-state index contributed by atoms with van der Waals surface area (Å²) in [6, 6.07) is 5.46. The Morgan fingerprint density at radius 1 is 1.24 bits per heavy atom. The second kappa shape index (κ2) is 8.46. The molecule has 0 aliphatic carbocycles. The summed E-state index contributed by atoms with van der Waals surface area (Å²) in [5.41, 5.74) is 1.46. The Hall–Kier alpha value is -1.82. The Kier molecular flexibility index (Phi) is 6.94. The van der Waals surface area contributed by atoms with Gasteiger partial charge in [0, 0.05) is 19.6 Å². The highest BCUT2D eigenvalue weighted by molar-refractivity contribution is 5.77. The highest BCUT2D eigenvalue weighted by Crippen LogP contribution is 2.35. The predicted molar refractivity (Wildman–Crippen MR) is 88.3 cm³/mol. The molecule has 0 fully saturated rings. The first-order valence-electron chi connectivity index (χ1n) is 7.42. The van der Waals surface area contributed by atoms with Crippen LogP contribution in [0.4, 0.5) is 17.1 Å². The number of nitrogens with one attached hydrogen (secondary N) is 1. The molecule has 0 bridgehead atoms. The van der Waals surface area contributed by atoms with Gasteiger partial charge in [0.15, 0.2) is 0 Å². The topological polar surface area (TPSA) is 61.6 Å². The Morgan fingerprint density at radius 3 is 2.48 bits per heavy atom. The predicted octanol–water partition coefficient (Wildman–Crippen LogP) is 2.80. The molecule has 0 aliphatic heterocycles. The lowest BCUT2D eigenvalue weighted by Gasteiger charge is -2.24. The van der Waals surface area contributed by atoms with Gasteiger partial charge >= 0.3 is 5.69 Å². The minimum Gasteiger partial charge on any atom is -0.380 e. The number of nitro groups is 1. The monoisotopic (exact) mass is 294 g/mol. The highest BCUT2D eigenvalue weighted by Gasteiger charge is 2.22. The number of hydrogen-bond acceptors (Lipinski definition) is 5. The number of rotatable bonds is 9. The lowest BCUT2D eigenvalue weighted by atomic mass is 10.2. The van der Waals surface area contributed by atoms with Gasteiger partial charge in [-0.2, -0.15) is 0 Å². The van der Waals surface area contributed by atoms with Gasteiger partial charge in [-0.15, -0.1) is 0 Å². The SMILES string of the molecule is CCNc1cccc(N(CC)CCCN(C)C)c1[N+](=O)[O-]. The minimum atomic E-state index is -0.290. The maximum absolute atomic E-state index is 11.5. The number of anilines is 2. The van der Waals surface area contributed by atoms with Crippen LogP contribution in [-0.4, -0.2) is 50.1 Å². The van der Waals surface area contributed by atoms with Gasteiger partial charge in [-0.3, -0.25) is 10.1 Å². The van der Waals surface area contributed by atoms with E-state index in [-0.39, 0.29) is 10.6 Å². The average molecular weight is 294 g/mol.